The molecular formula is C17H23N3S. The van der Waals surface area contributed by atoms with Gasteiger partial charge in [-0.1, -0.05) is 6.07 Å². The van der Waals surface area contributed by atoms with E-state index < -0.39 is 0 Å². The highest BCUT2D eigenvalue weighted by Gasteiger charge is 2.20. The zero-order chi connectivity index (χ0) is 14.7. The highest BCUT2D eigenvalue weighted by molar-refractivity contribution is 7.09. The van der Waals surface area contributed by atoms with Gasteiger partial charge in [-0.15, -0.1) is 11.3 Å². The number of nitrogens with zero attached hydrogens (tertiary/aromatic N) is 2. The van der Waals surface area contributed by atoms with Gasteiger partial charge in [0.2, 0.25) is 0 Å². The SMILES string of the molecule is CC(Cc1cccs1)N(C)c1ccnc(CNC2CC2)c1. The average Bonchev–Trinajstić information content (AvgIpc) is 3.20. The van der Waals surface area contributed by atoms with Crippen molar-refractivity contribution < 1.29 is 0 Å². The first-order valence-electron chi connectivity index (χ1n) is 7.66. The van der Waals surface area contributed by atoms with Crippen LogP contribution >= 0.6 is 11.3 Å². The van der Waals surface area contributed by atoms with Crippen molar-refractivity contribution in [3.8, 4) is 0 Å². The Morgan fingerprint density at radius 1 is 1.43 bits per heavy atom. The average molecular weight is 301 g/mol. The molecular weight excluding hydrogens is 278 g/mol. The summed E-state index contributed by atoms with van der Waals surface area (Å²) in [6, 6.07) is 9.86. The Morgan fingerprint density at radius 3 is 3.00 bits per heavy atom. The van der Waals surface area contributed by atoms with E-state index >= 15 is 0 Å². The van der Waals surface area contributed by atoms with Crippen molar-refractivity contribution in [3.05, 3.63) is 46.4 Å². The largest absolute Gasteiger partial charge is 0.371 e. The van der Waals surface area contributed by atoms with Gasteiger partial charge in [0.15, 0.2) is 0 Å². The van der Waals surface area contributed by atoms with E-state index in [-0.39, 0.29) is 0 Å². The topological polar surface area (TPSA) is 28.2 Å². The van der Waals surface area contributed by atoms with Crippen molar-refractivity contribution in [1.82, 2.24) is 10.3 Å². The molecule has 112 valence electrons. The Labute approximate surface area is 131 Å². The summed E-state index contributed by atoms with van der Waals surface area (Å²) in [5.74, 6) is 0. The summed E-state index contributed by atoms with van der Waals surface area (Å²) in [7, 11) is 2.17. The van der Waals surface area contributed by atoms with Gasteiger partial charge in [0.1, 0.15) is 0 Å². The van der Waals surface area contributed by atoms with Gasteiger partial charge in [-0.05, 0) is 43.3 Å². The molecule has 3 nitrogen and oxygen atoms in total. The van der Waals surface area contributed by atoms with Crippen LogP contribution in [0.15, 0.2) is 35.8 Å². The predicted molar refractivity (Wildman–Crippen MR) is 90.0 cm³/mol. The molecule has 4 heteroatoms. The lowest BCUT2D eigenvalue weighted by atomic mass is 10.1. The van der Waals surface area contributed by atoms with Crippen LogP contribution in [0, 0.1) is 0 Å². The Hall–Kier alpha value is -1.39. The second kappa shape index (κ2) is 6.58. The summed E-state index contributed by atoms with van der Waals surface area (Å²) in [4.78, 5) is 8.26. The van der Waals surface area contributed by atoms with Gasteiger partial charge in [0.05, 0.1) is 5.69 Å². The summed E-state index contributed by atoms with van der Waals surface area (Å²) in [6.07, 6.45) is 5.65. The lowest BCUT2D eigenvalue weighted by Gasteiger charge is -2.27. The molecule has 1 aliphatic carbocycles. The molecule has 0 amide bonds. The second-order valence-electron chi connectivity index (χ2n) is 5.90. The van der Waals surface area contributed by atoms with Crippen molar-refractivity contribution in [2.45, 2.75) is 44.8 Å². The lowest BCUT2D eigenvalue weighted by Crippen LogP contribution is -2.30. The number of thiophene rings is 1. The zero-order valence-electron chi connectivity index (χ0n) is 12.7. The van der Waals surface area contributed by atoms with E-state index in [2.05, 4.69) is 58.8 Å². The van der Waals surface area contributed by atoms with Crippen LogP contribution in [0.2, 0.25) is 0 Å². The van der Waals surface area contributed by atoms with Crippen molar-refractivity contribution in [1.29, 1.82) is 0 Å². The molecule has 2 aromatic rings. The molecule has 0 radical (unpaired) electrons. The van der Waals surface area contributed by atoms with Gasteiger partial charge in [-0.25, -0.2) is 0 Å². The second-order valence-corrected chi connectivity index (χ2v) is 6.94. The third-order valence-electron chi connectivity index (χ3n) is 4.09. The monoisotopic (exact) mass is 301 g/mol. The number of anilines is 1. The molecule has 1 fully saturated rings. The molecule has 1 N–H and O–H groups in total. The molecule has 2 heterocycles. The fourth-order valence-corrected chi connectivity index (χ4v) is 3.26. The van der Waals surface area contributed by atoms with E-state index in [9.17, 15) is 0 Å². The van der Waals surface area contributed by atoms with Crippen LogP contribution in [0.5, 0.6) is 0 Å². The van der Waals surface area contributed by atoms with Crippen LogP contribution in [0.4, 0.5) is 5.69 Å². The maximum absolute atomic E-state index is 4.47. The molecule has 1 atom stereocenters. The number of hydrogen-bond donors (Lipinski definition) is 1. The van der Waals surface area contributed by atoms with Crippen LogP contribution in [0.3, 0.4) is 0 Å². The van der Waals surface area contributed by atoms with Crippen molar-refractivity contribution in [2.75, 3.05) is 11.9 Å². The van der Waals surface area contributed by atoms with E-state index in [1.165, 1.54) is 23.4 Å². The maximum atomic E-state index is 4.47. The van der Waals surface area contributed by atoms with Gasteiger partial charge >= 0.3 is 0 Å². The number of pyridine rings is 1. The van der Waals surface area contributed by atoms with E-state index in [1.807, 2.05) is 17.5 Å². The maximum Gasteiger partial charge on any atom is 0.0562 e. The first-order valence-corrected chi connectivity index (χ1v) is 8.54. The summed E-state index contributed by atoms with van der Waals surface area (Å²) in [6.45, 7) is 3.16. The molecule has 0 bridgehead atoms. The van der Waals surface area contributed by atoms with Gasteiger partial charge < -0.3 is 10.2 Å². The molecule has 0 spiro atoms. The Bertz CT molecular complexity index is 563. The van der Waals surface area contributed by atoms with Crippen molar-refractivity contribution in [2.24, 2.45) is 0 Å². The highest BCUT2D eigenvalue weighted by Crippen LogP contribution is 2.21. The Kier molecular flexibility index (Phi) is 4.56. The summed E-state index contributed by atoms with van der Waals surface area (Å²) < 4.78 is 0. The minimum atomic E-state index is 0.482. The number of rotatable bonds is 7. The fraction of sp³-hybridized carbons (Fsp3) is 0.471. The van der Waals surface area contributed by atoms with Crippen LogP contribution in [0.25, 0.3) is 0 Å². The molecule has 0 aromatic carbocycles. The minimum absolute atomic E-state index is 0.482. The third kappa shape index (κ3) is 4.05. The summed E-state index contributed by atoms with van der Waals surface area (Å²) >= 11 is 1.84. The molecule has 0 aliphatic heterocycles. The number of likely N-dealkylation sites (N-methyl/N-ethyl adjacent to an activating group) is 1. The van der Waals surface area contributed by atoms with E-state index in [0.29, 0.717) is 6.04 Å². The Balaban J connectivity index is 1.62. The number of hydrogen-bond acceptors (Lipinski definition) is 4. The molecule has 3 rings (SSSR count). The van der Waals surface area contributed by atoms with Gasteiger partial charge in [-0.2, -0.15) is 0 Å². The van der Waals surface area contributed by atoms with Gasteiger partial charge in [0.25, 0.3) is 0 Å². The molecule has 1 saturated carbocycles. The quantitative estimate of drug-likeness (QED) is 0.849. The van der Waals surface area contributed by atoms with Crippen molar-refractivity contribution >= 4 is 17.0 Å². The van der Waals surface area contributed by atoms with Crippen molar-refractivity contribution in [3.63, 3.8) is 0 Å². The molecule has 2 aromatic heterocycles. The normalized spacial score (nSPS) is 15.9. The van der Waals surface area contributed by atoms with E-state index in [0.717, 1.165) is 24.7 Å². The van der Waals surface area contributed by atoms with Crippen LogP contribution in [0.1, 0.15) is 30.3 Å². The smallest absolute Gasteiger partial charge is 0.0562 e. The van der Waals surface area contributed by atoms with Crippen LogP contribution in [-0.4, -0.2) is 24.1 Å². The van der Waals surface area contributed by atoms with Crippen LogP contribution in [-0.2, 0) is 13.0 Å². The first kappa shape index (κ1) is 14.5. The molecule has 1 unspecified atom stereocenters. The molecule has 1 aliphatic rings. The van der Waals surface area contributed by atoms with Gasteiger partial charge in [-0.3, -0.25) is 4.98 Å². The first-order chi connectivity index (χ1) is 10.2. The molecule has 0 saturated heterocycles. The third-order valence-corrected chi connectivity index (χ3v) is 4.99. The lowest BCUT2D eigenvalue weighted by molar-refractivity contribution is 0.668. The number of aromatic nitrogens is 1. The zero-order valence-corrected chi connectivity index (χ0v) is 13.6. The van der Waals surface area contributed by atoms with Gasteiger partial charge in [0, 0.05) is 48.9 Å². The van der Waals surface area contributed by atoms with E-state index in [1.54, 1.807) is 0 Å². The summed E-state index contributed by atoms with van der Waals surface area (Å²) in [5.41, 5.74) is 2.39. The number of nitrogens with one attached hydrogen (secondary N) is 1. The fourth-order valence-electron chi connectivity index (χ4n) is 2.43. The predicted octanol–water partition coefficient (Wildman–Crippen LogP) is 3.46. The standard InChI is InChI=1S/C17H23N3S/c1-13(10-17-4-3-9-21-17)20(2)16-7-8-18-15(11-16)12-19-14-5-6-14/h3-4,7-9,11,13-14,19H,5-6,10,12H2,1-2H3. The summed E-state index contributed by atoms with van der Waals surface area (Å²) in [5, 5.41) is 5.67. The Morgan fingerprint density at radius 2 is 2.29 bits per heavy atom. The molecule has 21 heavy (non-hydrogen) atoms. The minimum Gasteiger partial charge on any atom is -0.371 e. The van der Waals surface area contributed by atoms with Crippen LogP contribution < -0.4 is 10.2 Å². The highest BCUT2D eigenvalue weighted by atomic mass is 32.1. The van der Waals surface area contributed by atoms with E-state index in [4.69, 9.17) is 0 Å².